The van der Waals surface area contributed by atoms with E-state index < -0.39 is 22.4 Å². The van der Waals surface area contributed by atoms with E-state index >= 15 is 0 Å². The molecule has 1 heterocycles. The van der Waals surface area contributed by atoms with Gasteiger partial charge in [-0.3, -0.25) is 9.10 Å². The first kappa shape index (κ1) is 25.3. The summed E-state index contributed by atoms with van der Waals surface area (Å²) in [4.78, 5) is 17.1. The molecular formula is C26H28FN3O5S. The van der Waals surface area contributed by atoms with Crippen LogP contribution >= 0.6 is 0 Å². The number of benzene rings is 3. The van der Waals surface area contributed by atoms with Gasteiger partial charge in [-0.2, -0.15) is 0 Å². The highest BCUT2D eigenvalue weighted by atomic mass is 32.2. The maximum absolute atomic E-state index is 13.6. The highest BCUT2D eigenvalue weighted by Gasteiger charge is 2.30. The van der Waals surface area contributed by atoms with Gasteiger partial charge in [0.2, 0.25) is 5.91 Å². The number of rotatable bonds is 8. The van der Waals surface area contributed by atoms with Crippen LogP contribution in [-0.4, -0.2) is 66.2 Å². The lowest BCUT2D eigenvalue weighted by Crippen LogP contribution is -2.52. The second-order valence-electron chi connectivity index (χ2n) is 8.20. The fourth-order valence-corrected chi connectivity index (χ4v) is 5.52. The molecule has 3 aromatic rings. The van der Waals surface area contributed by atoms with Crippen molar-refractivity contribution in [1.82, 2.24) is 4.90 Å². The van der Waals surface area contributed by atoms with Gasteiger partial charge in [-0.05, 0) is 60.7 Å². The topological polar surface area (TPSA) is 79.4 Å². The summed E-state index contributed by atoms with van der Waals surface area (Å²) in [5, 5.41) is 0. The lowest BCUT2D eigenvalue weighted by Gasteiger charge is -2.37. The standard InChI is InChI=1S/C26H28FN3O5S/c1-34-22-11-13-23(14-12-22)36(32,33)30(21-9-7-20(27)8-10-21)19-26(31)29-17-15-28(16-18-29)24-5-3-4-6-25(24)35-2/h3-14H,15-19H2,1-2H3. The van der Waals surface area contributed by atoms with Crippen molar-refractivity contribution in [1.29, 1.82) is 0 Å². The average Bonchev–Trinajstić information content (AvgIpc) is 2.92. The molecule has 0 unspecified atom stereocenters. The molecule has 0 aliphatic carbocycles. The van der Waals surface area contributed by atoms with Crippen molar-refractivity contribution < 1.29 is 27.1 Å². The van der Waals surface area contributed by atoms with Crippen LogP contribution in [0.25, 0.3) is 0 Å². The number of carbonyl (C=O) groups excluding carboxylic acids is 1. The molecule has 0 saturated carbocycles. The van der Waals surface area contributed by atoms with Crippen molar-refractivity contribution in [3.05, 3.63) is 78.6 Å². The van der Waals surface area contributed by atoms with Gasteiger partial charge in [-0.25, -0.2) is 12.8 Å². The smallest absolute Gasteiger partial charge is 0.264 e. The molecule has 10 heteroatoms. The molecule has 0 radical (unpaired) electrons. The largest absolute Gasteiger partial charge is 0.497 e. The molecule has 3 aromatic carbocycles. The van der Waals surface area contributed by atoms with Gasteiger partial charge < -0.3 is 19.3 Å². The molecule has 36 heavy (non-hydrogen) atoms. The summed E-state index contributed by atoms with van der Waals surface area (Å²) in [6, 6.07) is 18.6. The molecule has 1 amide bonds. The third kappa shape index (κ3) is 5.38. The number of hydrogen-bond acceptors (Lipinski definition) is 6. The highest BCUT2D eigenvalue weighted by molar-refractivity contribution is 7.92. The Morgan fingerprint density at radius 3 is 2.14 bits per heavy atom. The summed E-state index contributed by atoms with van der Waals surface area (Å²) < 4.78 is 52.2. The minimum absolute atomic E-state index is 0.00131. The minimum Gasteiger partial charge on any atom is -0.497 e. The summed E-state index contributed by atoms with van der Waals surface area (Å²) in [6.07, 6.45) is 0. The lowest BCUT2D eigenvalue weighted by molar-refractivity contribution is -0.129. The Labute approximate surface area is 210 Å². The zero-order valence-electron chi connectivity index (χ0n) is 20.1. The Morgan fingerprint density at radius 1 is 0.889 bits per heavy atom. The van der Waals surface area contributed by atoms with E-state index in [0.29, 0.717) is 31.9 Å². The summed E-state index contributed by atoms with van der Waals surface area (Å²) in [5.41, 5.74) is 1.15. The number of sulfonamides is 1. The maximum atomic E-state index is 13.6. The van der Waals surface area contributed by atoms with E-state index in [2.05, 4.69) is 4.90 Å². The van der Waals surface area contributed by atoms with Gasteiger partial charge in [0.25, 0.3) is 10.0 Å². The van der Waals surface area contributed by atoms with Crippen LogP contribution in [0.15, 0.2) is 77.7 Å². The number of nitrogens with zero attached hydrogens (tertiary/aromatic N) is 3. The van der Waals surface area contributed by atoms with E-state index in [1.807, 2.05) is 24.3 Å². The van der Waals surface area contributed by atoms with E-state index in [9.17, 15) is 17.6 Å². The number of para-hydroxylation sites is 2. The second-order valence-corrected chi connectivity index (χ2v) is 10.1. The normalized spacial score (nSPS) is 13.9. The van der Waals surface area contributed by atoms with Gasteiger partial charge >= 0.3 is 0 Å². The predicted molar refractivity (Wildman–Crippen MR) is 136 cm³/mol. The molecule has 0 spiro atoms. The molecule has 1 aliphatic heterocycles. The van der Waals surface area contributed by atoms with Crippen LogP contribution in [0.4, 0.5) is 15.8 Å². The van der Waals surface area contributed by atoms with Crippen molar-refractivity contribution in [2.24, 2.45) is 0 Å². The number of anilines is 2. The zero-order chi connectivity index (χ0) is 25.7. The van der Waals surface area contributed by atoms with Crippen molar-refractivity contribution in [3.63, 3.8) is 0 Å². The number of carbonyl (C=O) groups is 1. The van der Waals surface area contributed by atoms with Gasteiger partial charge in [0.05, 0.1) is 30.5 Å². The van der Waals surface area contributed by atoms with E-state index in [-0.39, 0.29) is 16.5 Å². The van der Waals surface area contributed by atoms with Gasteiger partial charge in [-0.15, -0.1) is 0 Å². The van der Waals surface area contributed by atoms with E-state index in [1.54, 1.807) is 12.0 Å². The molecule has 1 aliphatic rings. The third-order valence-corrected chi connectivity index (χ3v) is 7.89. The van der Waals surface area contributed by atoms with Crippen molar-refractivity contribution in [3.8, 4) is 11.5 Å². The van der Waals surface area contributed by atoms with Crippen LogP contribution < -0.4 is 18.7 Å². The molecule has 0 aromatic heterocycles. The Kier molecular flexibility index (Phi) is 7.64. The third-order valence-electron chi connectivity index (χ3n) is 6.10. The molecule has 0 atom stereocenters. The van der Waals surface area contributed by atoms with E-state index in [1.165, 1.54) is 55.6 Å². The van der Waals surface area contributed by atoms with Gasteiger partial charge in [0.1, 0.15) is 23.9 Å². The second kappa shape index (κ2) is 10.9. The Balaban J connectivity index is 1.53. The fourth-order valence-electron chi connectivity index (χ4n) is 4.11. The fraction of sp³-hybridized carbons (Fsp3) is 0.269. The number of methoxy groups -OCH3 is 2. The zero-order valence-corrected chi connectivity index (χ0v) is 20.9. The van der Waals surface area contributed by atoms with Crippen LogP contribution in [0.2, 0.25) is 0 Å². The summed E-state index contributed by atoms with van der Waals surface area (Å²) in [7, 11) is -1.00. The van der Waals surface area contributed by atoms with E-state index in [4.69, 9.17) is 9.47 Å². The Hall–Kier alpha value is -3.79. The number of ether oxygens (including phenoxy) is 2. The maximum Gasteiger partial charge on any atom is 0.264 e. The quantitative estimate of drug-likeness (QED) is 0.460. The van der Waals surface area contributed by atoms with Crippen LogP contribution in [0, 0.1) is 5.82 Å². The number of amides is 1. The molecular weight excluding hydrogens is 485 g/mol. The molecule has 190 valence electrons. The Morgan fingerprint density at radius 2 is 1.53 bits per heavy atom. The molecule has 1 saturated heterocycles. The average molecular weight is 514 g/mol. The molecule has 0 bridgehead atoms. The monoisotopic (exact) mass is 513 g/mol. The van der Waals surface area contributed by atoms with Gasteiger partial charge in [-0.1, -0.05) is 12.1 Å². The van der Waals surface area contributed by atoms with Crippen LogP contribution in [-0.2, 0) is 14.8 Å². The van der Waals surface area contributed by atoms with Crippen LogP contribution in [0.5, 0.6) is 11.5 Å². The summed E-state index contributed by atoms with van der Waals surface area (Å²) in [6.45, 7) is 1.60. The van der Waals surface area contributed by atoms with Crippen LogP contribution in [0.3, 0.4) is 0 Å². The first-order chi connectivity index (χ1) is 17.3. The molecule has 8 nitrogen and oxygen atoms in total. The van der Waals surface area contributed by atoms with Crippen molar-refractivity contribution in [2.45, 2.75) is 4.90 Å². The predicted octanol–water partition coefficient (Wildman–Crippen LogP) is 3.39. The number of halogens is 1. The SMILES string of the molecule is COc1ccc(S(=O)(=O)N(CC(=O)N2CCN(c3ccccc3OC)CC2)c2ccc(F)cc2)cc1. The number of piperazine rings is 1. The summed E-state index contributed by atoms with van der Waals surface area (Å²) in [5.74, 6) is 0.423. The molecule has 4 rings (SSSR count). The van der Waals surface area contributed by atoms with Crippen molar-refractivity contribution in [2.75, 3.05) is 56.1 Å². The number of hydrogen-bond donors (Lipinski definition) is 0. The first-order valence-corrected chi connectivity index (χ1v) is 12.9. The van der Waals surface area contributed by atoms with E-state index in [0.717, 1.165) is 15.7 Å². The van der Waals surface area contributed by atoms with Gasteiger partial charge in [0.15, 0.2) is 0 Å². The van der Waals surface area contributed by atoms with Crippen molar-refractivity contribution >= 4 is 27.3 Å². The van der Waals surface area contributed by atoms with Crippen LogP contribution in [0.1, 0.15) is 0 Å². The highest BCUT2D eigenvalue weighted by Crippen LogP contribution is 2.29. The molecule has 0 N–H and O–H groups in total. The summed E-state index contributed by atoms with van der Waals surface area (Å²) >= 11 is 0. The van der Waals surface area contributed by atoms with Gasteiger partial charge in [0, 0.05) is 26.2 Å². The Bertz CT molecular complexity index is 1290. The molecule has 1 fully saturated rings. The minimum atomic E-state index is -4.11. The first-order valence-electron chi connectivity index (χ1n) is 11.4. The lowest BCUT2D eigenvalue weighted by atomic mass is 10.2.